The predicted octanol–water partition coefficient (Wildman–Crippen LogP) is 4.56. The van der Waals surface area contributed by atoms with Crippen LogP contribution in [0.15, 0.2) is 47.4 Å². The largest absolute Gasteiger partial charge is 0.366 e. The second-order valence-corrected chi connectivity index (χ2v) is 7.01. The molecule has 1 saturated heterocycles. The van der Waals surface area contributed by atoms with Gasteiger partial charge in [-0.1, -0.05) is 12.1 Å². The Balaban J connectivity index is 1.87. The molecule has 7 heteroatoms. The summed E-state index contributed by atoms with van der Waals surface area (Å²) in [6, 6.07) is 12.2. The molecule has 1 heterocycles. The van der Waals surface area contributed by atoms with Crippen LogP contribution in [-0.4, -0.2) is 30.2 Å². The third kappa shape index (κ3) is 3.99. The lowest BCUT2D eigenvalue weighted by atomic mass is 10.1. The summed E-state index contributed by atoms with van der Waals surface area (Å²) in [6.45, 7) is 1.63. The van der Waals surface area contributed by atoms with Crippen LogP contribution in [0.25, 0.3) is 0 Å². The summed E-state index contributed by atoms with van der Waals surface area (Å²) >= 11 is 1.53. The molecule has 0 bridgehead atoms. The Morgan fingerprint density at radius 3 is 2.58 bits per heavy atom. The molecule has 1 aliphatic rings. The Morgan fingerprint density at radius 1 is 1.15 bits per heavy atom. The van der Waals surface area contributed by atoms with E-state index in [2.05, 4.69) is 5.32 Å². The number of anilines is 2. The number of piperidine rings is 1. The van der Waals surface area contributed by atoms with Crippen molar-refractivity contribution in [1.82, 2.24) is 0 Å². The van der Waals surface area contributed by atoms with E-state index in [1.54, 1.807) is 12.1 Å². The topological polar surface area (TPSA) is 75.5 Å². The minimum absolute atomic E-state index is 0.0160. The second-order valence-electron chi connectivity index (χ2n) is 6.16. The molecule has 0 spiro atoms. The average Bonchev–Trinajstić information content (AvgIpc) is 2.68. The molecule has 0 aliphatic carbocycles. The number of hydrogen-bond acceptors (Lipinski definition) is 5. The van der Waals surface area contributed by atoms with Crippen molar-refractivity contribution in [2.75, 3.05) is 29.6 Å². The van der Waals surface area contributed by atoms with E-state index < -0.39 is 4.92 Å². The molecular weight excluding hydrogens is 350 g/mol. The van der Waals surface area contributed by atoms with Gasteiger partial charge >= 0.3 is 0 Å². The maximum atomic E-state index is 12.6. The minimum Gasteiger partial charge on any atom is -0.366 e. The average molecular weight is 371 g/mol. The molecule has 6 nitrogen and oxygen atoms in total. The van der Waals surface area contributed by atoms with Crippen LogP contribution in [-0.2, 0) is 0 Å². The molecule has 0 unspecified atom stereocenters. The normalized spacial score (nSPS) is 14.1. The number of nitro benzene ring substituents is 1. The smallest absolute Gasteiger partial charge is 0.293 e. The number of hydrogen-bond donors (Lipinski definition) is 1. The number of para-hydroxylation sites is 1. The lowest BCUT2D eigenvalue weighted by molar-refractivity contribution is -0.384. The summed E-state index contributed by atoms with van der Waals surface area (Å²) in [5.41, 5.74) is 1.56. The van der Waals surface area contributed by atoms with Crippen molar-refractivity contribution in [2.45, 2.75) is 24.2 Å². The van der Waals surface area contributed by atoms with E-state index >= 15 is 0 Å². The zero-order valence-electron chi connectivity index (χ0n) is 14.6. The number of carbonyl (C=O) groups is 1. The molecular formula is C19H21N3O3S. The number of rotatable bonds is 5. The quantitative estimate of drug-likeness (QED) is 0.474. The first kappa shape index (κ1) is 18.3. The van der Waals surface area contributed by atoms with Gasteiger partial charge < -0.3 is 10.2 Å². The highest BCUT2D eigenvalue weighted by molar-refractivity contribution is 7.98. The van der Waals surface area contributed by atoms with Crippen LogP contribution < -0.4 is 10.2 Å². The summed E-state index contributed by atoms with van der Waals surface area (Å²) in [7, 11) is 0. The summed E-state index contributed by atoms with van der Waals surface area (Å²) in [6.07, 6.45) is 5.15. The van der Waals surface area contributed by atoms with Crippen LogP contribution in [0.2, 0.25) is 0 Å². The van der Waals surface area contributed by atoms with Gasteiger partial charge in [0.05, 0.1) is 10.6 Å². The number of carbonyl (C=O) groups excluding carboxylic acids is 1. The maximum absolute atomic E-state index is 12.6. The van der Waals surface area contributed by atoms with E-state index in [-0.39, 0.29) is 17.2 Å². The van der Waals surface area contributed by atoms with E-state index in [9.17, 15) is 14.9 Å². The second kappa shape index (κ2) is 8.23. The number of benzene rings is 2. The van der Waals surface area contributed by atoms with Crippen molar-refractivity contribution < 1.29 is 9.72 Å². The van der Waals surface area contributed by atoms with Gasteiger partial charge in [0.25, 0.3) is 11.6 Å². The molecule has 3 rings (SSSR count). The number of nitrogens with zero attached hydrogens (tertiary/aromatic N) is 2. The number of thioether (sulfide) groups is 1. The molecule has 1 N–H and O–H groups in total. The Morgan fingerprint density at radius 2 is 1.88 bits per heavy atom. The summed E-state index contributed by atoms with van der Waals surface area (Å²) in [4.78, 5) is 26.7. The summed E-state index contributed by atoms with van der Waals surface area (Å²) in [5, 5.41) is 14.4. The van der Waals surface area contributed by atoms with Crippen molar-refractivity contribution in [3.05, 3.63) is 58.1 Å². The molecule has 1 aliphatic heterocycles. The zero-order chi connectivity index (χ0) is 18.5. The fourth-order valence-corrected chi connectivity index (χ4v) is 3.71. The highest BCUT2D eigenvalue weighted by atomic mass is 32.2. The van der Waals surface area contributed by atoms with Gasteiger partial charge in [0.15, 0.2) is 0 Å². The lowest BCUT2D eigenvalue weighted by Gasteiger charge is -2.28. The Bertz CT molecular complexity index is 819. The fourth-order valence-electron chi connectivity index (χ4n) is 3.16. The van der Waals surface area contributed by atoms with Crippen molar-refractivity contribution in [3.63, 3.8) is 0 Å². The molecule has 2 aromatic rings. The monoisotopic (exact) mass is 371 g/mol. The van der Waals surface area contributed by atoms with Gasteiger partial charge in [0.1, 0.15) is 5.69 Å². The molecule has 0 aromatic heterocycles. The maximum Gasteiger partial charge on any atom is 0.293 e. The van der Waals surface area contributed by atoms with Gasteiger partial charge in [-0.3, -0.25) is 14.9 Å². The van der Waals surface area contributed by atoms with Gasteiger partial charge in [-0.15, -0.1) is 11.8 Å². The van der Waals surface area contributed by atoms with Gasteiger partial charge in [0.2, 0.25) is 0 Å². The summed E-state index contributed by atoms with van der Waals surface area (Å²) in [5.74, 6) is -0.347. The van der Waals surface area contributed by atoms with Crippen LogP contribution in [0.5, 0.6) is 0 Å². The number of nitrogens with one attached hydrogen (secondary N) is 1. The highest BCUT2D eigenvalue weighted by Crippen LogP contribution is 2.32. The van der Waals surface area contributed by atoms with Crippen LogP contribution in [0, 0.1) is 10.1 Å². The summed E-state index contributed by atoms with van der Waals surface area (Å²) < 4.78 is 0. The van der Waals surface area contributed by atoms with Crippen molar-refractivity contribution in [2.24, 2.45) is 0 Å². The fraction of sp³-hybridized carbons (Fsp3) is 0.316. The van der Waals surface area contributed by atoms with Crippen molar-refractivity contribution in [1.29, 1.82) is 0 Å². The highest BCUT2D eigenvalue weighted by Gasteiger charge is 2.23. The van der Waals surface area contributed by atoms with E-state index in [1.807, 2.05) is 35.4 Å². The molecule has 136 valence electrons. The predicted molar refractivity (Wildman–Crippen MR) is 105 cm³/mol. The molecule has 26 heavy (non-hydrogen) atoms. The Hall–Kier alpha value is -2.54. The van der Waals surface area contributed by atoms with Gasteiger partial charge in [0, 0.05) is 29.6 Å². The van der Waals surface area contributed by atoms with Crippen LogP contribution in [0.4, 0.5) is 17.1 Å². The van der Waals surface area contributed by atoms with Gasteiger partial charge in [-0.2, -0.15) is 0 Å². The molecule has 1 amide bonds. The van der Waals surface area contributed by atoms with Gasteiger partial charge in [-0.05, 0) is 49.8 Å². The first-order chi connectivity index (χ1) is 12.6. The van der Waals surface area contributed by atoms with E-state index in [0.29, 0.717) is 11.4 Å². The standard InChI is InChI=1S/C19H21N3O3S/c1-26-18-8-4-3-7-15(18)20-19(23)14-9-10-16(17(13-14)22(24)25)21-11-5-2-6-12-21/h3-4,7-10,13H,2,5-6,11-12H2,1H3,(H,20,23). The molecule has 2 aromatic carbocycles. The van der Waals surface area contributed by atoms with Crippen LogP contribution >= 0.6 is 11.8 Å². The van der Waals surface area contributed by atoms with E-state index in [1.165, 1.54) is 17.8 Å². The first-order valence-electron chi connectivity index (χ1n) is 8.58. The molecule has 0 atom stereocenters. The van der Waals surface area contributed by atoms with Crippen LogP contribution in [0.3, 0.4) is 0 Å². The van der Waals surface area contributed by atoms with Gasteiger partial charge in [-0.25, -0.2) is 0 Å². The molecule has 1 fully saturated rings. The molecule has 0 radical (unpaired) electrons. The van der Waals surface area contributed by atoms with E-state index in [4.69, 9.17) is 0 Å². The number of nitro groups is 1. The zero-order valence-corrected chi connectivity index (χ0v) is 15.4. The van der Waals surface area contributed by atoms with Crippen LogP contribution in [0.1, 0.15) is 29.6 Å². The third-order valence-corrected chi connectivity index (χ3v) is 5.28. The Labute approximate surface area is 156 Å². The number of amides is 1. The Kier molecular flexibility index (Phi) is 5.78. The molecule has 0 saturated carbocycles. The SMILES string of the molecule is CSc1ccccc1NC(=O)c1ccc(N2CCCCC2)c([N+](=O)[O-])c1. The van der Waals surface area contributed by atoms with Crippen molar-refractivity contribution >= 4 is 34.7 Å². The van der Waals surface area contributed by atoms with E-state index in [0.717, 1.165) is 37.2 Å². The first-order valence-corrected chi connectivity index (χ1v) is 9.80. The third-order valence-electron chi connectivity index (χ3n) is 4.49. The van der Waals surface area contributed by atoms with Crippen molar-refractivity contribution in [3.8, 4) is 0 Å². The lowest BCUT2D eigenvalue weighted by Crippen LogP contribution is -2.30. The minimum atomic E-state index is -0.406.